The predicted octanol–water partition coefficient (Wildman–Crippen LogP) is 5.05. The third-order valence-electron chi connectivity index (χ3n) is 6.08. The summed E-state index contributed by atoms with van der Waals surface area (Å²) in [5.74, 6) is 2.01. The van der Waals surface area contributed by atoms with Gasteiger partial charge in [0.05, 0.1) is 5.75 Å². The van der Waals surface area contributed by atoms with Crippen LogP contribution in [0.5, 0.6) is 11.5 Å². The number of nitrogens with one attached hydrogen (secondary N) is 1. The van der Waals surface area contributed by atoms with Crippen LogP contribution in [0.2, 0.25) is 0 Å². The maximum Gasteiger partial charge on any atom is 0.251 e. The maximum absolute atomic E-state index is 12.6. The molecule has 1 aromatic heterocycles. The molecule has 7 nitrogen and oxygen atoms in total. The molecule has 0 saturated heterocycles. The second-order valence-corrected chi connectivity index (χ2v) is 9.42. The highest BCUT2D eigenvalue weighted by Crippen LogP contribution is 2.46. The molecular formula is C25H28N4O3S. The first-order valence-corrected chi connectivity index (χ1v) is 12.5. The number of amides is 1. The number of anilines is 1. The molecule has 8 heteroatoms. The molecule has 3 aromatic rings. The van der Waals surface area contributed by atoms with Crippen molar-refractivity contribution in [2.45, 2.75) is 62.9 Å². The van der Waals surface area contributed by atoms with Gasteiger partial charge in [-0.3, -0.25) is 4.79 Å². The van der Waals surface area contributed by atoms with Gasteiger partial charge in [-0.2, -0.15) is 0 Å². The van der Waals surface area contributed by atoms with Gasteiger partial charge in [0.15, 0.2) is 16.7 Å². The van der Waals surface area contributed by atoms with Crippen LogP contribution in [0, 0.1) is 0 Å². The number of hydrogen-bond donors (Lipinski definition) is 1. The zero-order valence-corrected chi connectivity index (χ0v) is 19.6. The molecule has 1 saturated carbocycles. The molecule has 33 heavy (non-hydrogen) atoms. The van der Waals surface area contributed by atoms with Gasteiger partial charge in [-0.25, -0.2) is 0 Å². The van der Waals surface area contributed by atoms with Crippen molar-refractivity contribution in [3.63, 3.8) is 0 Å². The third kappa shape index (κ3) is 4.85. The minimum absolute atomic E-state index is 0.0958. The Balaban J connectivity index is 1.19. The van der Waals surface area contributed by atoms with E-state index in [0.29, 0.717) is 17.9 Å². The molecule has 1 aliphatic heterocycles. The summed E-state index contributed by atoms with van der Waals surface area (Å²) in [5.41, 5.74) is 1.89. The van der Waals surface area contributed by atoms with Crippen LogP contribution < -0.4 is 14.8 Å². The van der Waals surface area contributed by atoms with Gasteiger partial charge < -0.3 is 19.4 Å². The zero-order chi connectivity index (χ0) is 22.7. The lowest BCUT2D eigenvalue weighted by atomic mass is 9.94. The quantitative estimate of drug-likeness (QED) is 0.493. The summed E-state index contributed by atoms with van der Waals surface area (Å²) in [7, 11) is 0. The number of thioether (sulfide) groups is 1. The minimum atomic E-state index is -0.513. The summed E-state index contributed by atoms with van der Waals surface area (Å²) in [5, 5.41) is 12.4. The fraction of sp³-hybridized carbons (Fsp3) is 0.400. The fourth-order valence-corrected chi connectivity index (χ4v) is 5.27. The van der Waals surface area contributed by atoms with Crippen molar-refractivity contribution in [1.29, 1.82) is 0 Å². The highest BCUT2D eigenvalue weighted by molar-refractivity contribution is 7.99. The van der Waals surface area contributed by atoms with Gasteiger partial charge in [-0.05, 0) is 37.5 Å². The van der Waals surface area contributed by atoms with Crippen molar-refractivity contribution >= 4 is 23.4 Å². The Morgan fingerprint density at radius 2 is 1.85 bits per heavy atom. The Bertz CT molecular complexity index is 1130. The van der Waals surface area contributed by atoms with Gasteiger partial charge in [-0.15, -0.1) is 10.2 Å². The molecule has 2 aliphatic rings. The van der Waals surface area contributed by atoms with Gasteiger partial charge in [0.2, 0.25) is 5.91 Å². The first-order chi connectivity index (χ1) is 16.1. The van der Waals surface area contributed by atoms with E-state index in [2.05, 4.69) is 39.1 Å². The minimum Gasteiger partial charge on any atom is -0.448 e. The van der Waals surface area contributed by atoms with Crippen LogP contribution >= 0.6 is 11.8 Å². The Kier molecular flexibility index (Phi) is 6.26. The van der Waals surface area contributed by atoms with Crippen molar-refractivity contribution in [2.75, 3.05) is 11.1 Å². The molecule has 0 unspecified atom stereocenters. The van der Waals surface area contributed by atoms with Gasteiger partial charge in [0, 0.05) is 37.6 Å². The number of nitrogens with zero attached hydrogens (tertiary/aromatic N) is 3. The van der Waals surface area contributed by atoms with Crippen molar-refractivity contribution < 1.29 is 14.3 Å². The van der Waals surface area contributed by atoms with E-state index in [1.54, 1.807) is 0 Å². The number of hydrogen-bond acceptors (Lipinski definition) is 6. The van der Waals surface area contributed by atoms with Gasteiger partial charge in [-0.1, -0.05) is 48.5 Å². The molecule has 2 aromatic carbocycles. The molecule has 1 fully saturated rings. The van der Waals surface area contributed by atoms with Crippen LogP contribution in [0.1, 0.15) is 50.4 Å². The molecule has 1 N–H and O–H groups in total. The number of carbonyl (C=O) groups excluding carboxylic acids is 1. The summed E-state index contributed by atoms with van der Waals surface area (Å²) < 4.78 is 14.3. The van der Waals surface area contributed by atoms with Gasteiger partial charge >= 0.3 is 0 Å². The Hall–Kier alpha value is -3.00. The Morgan fingerprint density at radius 1 is 1.06 bits per heavy atom. The van der Waals surface area contributed by atoms with Crippen molar-refractivity contribution in [3.05, 3.63) is 59.9 Å². The summed E-state index contributed by atoms with van der Waals surface area (Å²) in [6, 6.07) is 15.8. The van der Waals surface area contributed by atoms with Gasteiger partial charge in [0.25, 0.3) is 5.79 Å². The van der Waals surface area contributed by atoms with Crippen LogP contribution in [0.15, 0.2) is 53.7 Å². The molecule has 1 amide bonds. The highest BCUT2D eigenvalue weighted by Gasteiger charge is 2.42. The topological polar surface area (TPSA) is 78.3 Å². The molecule has 0 radical (unpaired) electrons. The molecule has 1 aliphatic carbocycles. The summed E-state index contributed by atoms with van der Waals surface area (Å²) in [4.78, 5) is 12.6. The second-order valence-electron chi connectivity index (χ2n) is 8.48. The number of fused-ring (bicyclic) bond motifs is 1. The SMILES string of the molecule is CCn1c(Cc2ccccc2)nnc1SCC(=O)Nc1ccc2c(c1)OC1(CCCCC1)O2. The van der Waals surface area contributed by atoms with E-state index in [0.717, 1.165) is 49.0 Å². The molecular weight excluding hydrogens is 436 g/mol. The number of aromatic nitrogens is 3. The molecule has 172 valence electrons. The number of rotatable bonds is 7. The zero-order valence-electron chi connectivity index (χ0n) is 18.8. The Labute approximate surface area is 197 Å². The van der Waals surface area contributed by atoms with Gasteiger partial charge in [0.1, 0.15) is 5.82 Å². The van der Waals surface area contributed by atoms with E-state index in [-0.39, 0.29) is 11.7 Å². The standard InChI is InChI=1S/C25H28N4O3S/c1-2-29-22(15-18-9-5-3-6-10-18)27-28-24(29)33-17-23(30)26-19-11-12-20-21(16-19)32-25(31-20)13-7-4-8-14-25/h3,5-6,9-12,16H,2,4,7-8,13-15,17H2,1H3,(H,26,30). The van der Waals surface area contributed by atoms with Crippen molar-refractivity contribution in [1.82, 2.24) is 14.8 Å². The normalized spacial score (nSPS) is 16.2. The van der Waals surface area contributed by atoms with Crippen LogP contribution in [0.25, 0.3) is 0 Å². The van der Waals surface area contributed by atoms with E-state index in [9.17, 15) is 4.79 Å². The lowest BCUT2D eigenvalue weighted by Gasteiger charge is -2.31. The van der Waals surface area contributed by atoms with E-state index < -0.39 is 5.79 Å². The fourth-order valence-electron chi connectivity index (χ4n) is 4.45. The monoisotopic (exact) mass is 464 g/mol. The third-order valence-corrected chi connectivity index (χ3v) is 7.05. The van der Waals surface area contributed by atoms with E-state index in [1.165, 1.54) is 23.7 Å². The van der Waals surface area contributed by atoms with E-state index in [1.807, 2.05) is 36.4 Å². The largest absolute Gasteiger partial charge is 0.448 e. The molecule has 0 atom stereocenters. The first kappa shape index (κ1) is 21.8. The number of benzene rings is 2. The first-order valence-electron chi connectivity index (χ1n) is 11.5. The van der Waals surface area contributed by atoms with Crippen LogP contribution in [0.3, 0.4) is 0 Å². The maximum atomic E-state index is 12.6. The Morgan fingerprint density at radius 3 is 2.64 bits per heavy atom. The molecule has 2 heterocycles. The average Bonchev–Trinajstić information content (AvgIpc) is 3.38. The summed E-state index contributed by atoms with van der Waals surface area (Å²) in [6.07, 6.45) is 5.99. The van der Waals surface area contributed by atoms with Crippen molar-refractivity contribution in [3.8, 4) is 11.5 Å². The number of ether oxygens (including phenoxy) is 2. The smallest absolute Gasteiger partial charge is 0.251 e. The predicted molar refractivity (Wildman–Crippen MR) is 128 cm³/mol. The highest BCUT2D eigenvalue weighted by atomic mass is 32.2. The molecule has 0 bridgehead atoms. The second kappa shape index (κ2) is 9.47. The lowest BCUT2D eigenvalue weighted by molar-refractivity contribution is -0.113. The number of carbonyl (C=O) groups is 1. The summed E-state index contributed by atoms with van der Waals surface area (Å²) in [6.45, 7) is 2.82. The van der Waals surface area contributed by atoms with Crippen molar-refractivity contribution in [2.24, 2.45) is 0 Å². The summed E-state index contributed by atoms with van der Waals surface area (Å²) >= 11 is 1.39. The van der Waals surface area contributed by atoms with Crippen LogP contribution in [-0.4, -0.2) is 32.2 Å². The van der Waals surface area contributed by atoms with E-state index >= 15 is 0 Å². The van der Waals surface area contributed by atoms with E-state index in [4.69, 9.17) is 9.47 Å². The van der Waals surface area contributed by atoms with Crippen LogP contribution in [-0.2, 0) is 17.8 Å². The molecule has 5 rings (SSSR count). The van der Waals surface area contributed by atoms with Crippen LogP contribution in [0.4, 0.5) is 5.69 Å². The lowest BCUT2D eigenvalue weighted by Crippen LogP contribution is -2.40. The molecule has 1 spiro atoms. The average molecular weight is 465 g/mol.